The fourth-order valence-corrected chi connectivity index (χ4v) is 4.60. The lowest BCUT2D eigenvalue weighted by atomic mass is 10.1. The highest BCUT2D eigenvalue weighted by atomic mass is 19.3. The van der Waals surface area contributed by atoms with Gasteiger partial charge in [-0.15, -0.1) is 0 Å². The van der Waals surface area contributed by atoms with Gasteiger partial charge in [-0.3, -0.25) is 4.79 Å². The number of amides is 1. The topological polar surface area (TPSA) is 71.0 Å². The Balaban J connectivity index is 1.45. The normalized spacial score (nSPS) is 17.0. The molecule has 2 heterocycles. The molecule has 0 bridgehead atoms. The molecule has 2 N–H and O–H groups in total. The molecule has 1 amide bonds. The third kappa shape index (κ3) is 4.79. The molecular formula is C27H26F2N2O4. The number of anilines is 2. The van der Waals surface area contributed by atoms with Gasteiger partial charge in [0.2, 0.25) is 0 Å². The van der Waals surface area contributed by atoms with Gasteiger partial charge in [0.25, 0.3) is 12.3 Å². The number of benzene rings is 3. The summed E-state index contributed by atoms with van der Waals surface area (Å²) in [6.45, 7) is 1.83. The van der Waals surface area contributed by atoms with Crippen LogP contribution in [0.5, 0.6) is 11.5 Å². The van der Waals surface area contributed by atoms with Crippen molar-refractivity contribution in [3.05, 3.63) is 82.9 Å². The summed E-state index contributed by atoms with van der Waals surface area (Å²) >= 11 is 0. The molecule has 0 spiro atoms. The van der Waals surface area contributed by atoms with Gasteiger partial charge in [-0.2, -0.15) is 0 Å². The first-order valence-corrected chi connectivity index (χ1v) is 11.6. The Labute approximate surface area is 202 Å². The minimum Gasteiger partial charge on any atom is -0.507 e. The predicted octanol–water partition coefficient (Wildman–Crippen LogP) is 5.31. The minimum atomic E-state index is -2.81. The van der Waals surface area contributed by atoms with E-state index in [9.17, 15) is 18.7 Å². The van der Waals surface area contributed by atoms with Crippen molar-refractivity contribution < 1.29 is 28.2 Å². The second kappa shape index (κ2) is 9.92. The largest absolute Gasteiger partial charge is 0.507 e. The number of carbonyl (C=O) groups excluding carboxylic acids is 1. The van der Waals surface area contributed by atoms with Crippen LogP contribution in [0.2, 0.25) is 0 Å². The number of hydrogen-bond donors (Lipinski definition) is 2. The molecule has 3 aromatic rings. The van der Waals surface area contributed by atoms with E-state index in [4.69, 9.17) is 9.47 Å². The summed E-state index contributed by atoms with van der Waals surface area (Å²) in [5.74, 6) is -1.09. The van der Waals surface area contributed by atoms with Gasteiger partial charge in [-0.25, -0.2) is 8.78 Å². The van der Waals surface area contributed by atoms with E-state index in [0.29, 0.717) is 19.6 Å². The van der Waals surface area contributed by atoms with Crippen LogP contribution in [0.15, 0.2) is 60.7 Å². The summed E-state index contributed by atoms with van der Waals surface area (Å²) in [5, 5.41) is 14.2. The number of alkyl halides is 2. The Kier molecular flexibility index (Phi) is 6.55. The molecule has 182 valence electrons. The van der Waals surface area contributed by atoms with Crippen molar-refractivity contribution >= 4 is 17.3 Å². The van der Waals surface area contributed by atoms with Crippen LogP contribution < -0.4 is 15.0 Å². The van der Waals surface area contributed by atoms with Gasteiger partial charge in [0.15, 0.2) is 0 Å². The Morgan fingerprint density at radius 3 is 2.74 bits per heavy atom. The van der Waals surface area contributed by atoms with Gasteiger partial charge in [-0.1, -0.05) is 36.4 Å². The minimum absolute atomic E-state index is 0.0695. The van der Waals surface area contributed by atoms with Gasteiger partial charge < -0.3 is 24.8 Å². The molecule has 1 fully saturated rings. The zero-order valence-corrected chi connectivity index (χ0v) is 19.0. The van der Waals surface area contributed by atoms with Crippen molar-refractivity contribution in [2.75, 3.05) is 30.0 Å². The number of carbonyl (C=O) groups is 1. The van der Waals surface area contributed by atoms with E-state index in [2.05, 4.69) is 5.32 Å². The molecule has 1 atom stereocenters. The lowest BCUT2D eigenvalue weighted by Gasteiger charge is -2.22. The van der Waals surface area contributed by atoms with E-state index < -0.39 is 23.6 Å². The highest BCUT2D eigenvalue weighted by Crippen LogP contribution is 2.40. The Bertz CT molecular complexity index is 1210. The van der Waals surface area contributed by atoms with E-state index in [1.54, 1.807) is 4.90 Å². The maximum atomic E-state index is 13.7. The second-order valence-corrected chi connectivity index (χ2v) is 8.70. The molecule has 0 radical (unpaired) electrons. The van der Waals surface area contributed by atoms with Crippen LogP contribution in [0.1, 0.15) is 39.9 Å². The monoisotopic (exact) mass is 480 g/mol. The summed E-state index contributed by atoms with van der Waals surface area (Å²) in [6.07, 6.45) is -1.27. The fraction of sp³-hybridized carbons (Fsp3) is 0.296. The predicted molar refractivity (Wildman–Crippen MR) is 129 cm³/mol. The molecule has 0 aliphatic carbocycles. The van der Waals surface area contributed by atoms with Crippen LogP contribution in [0.25, 0.3) is 0 Å². The number of fused-ring (bicyclic) bond motifs is 1. The SMILES string of the molecule is O=C(c1c(O)cc(C(F)F)cc1OCc1ccccc1)N1CCc2c(NC3CCOC3)cccc21. The zero-order valence-electron chi connectivity index (χ0n) is 19.0. The fourth-order valence-electron chi connectivity index (χ4n) is 4.60. The first-order valence-electron chi connectivity index (χ1n) is 11.6. The molecule has 8 heteroatoms. The lowest BCUT2D eigenvalue weighted by molar-refractivity contribution is 0.0981. The number of nitrogens with zero attached hydrogens (tertiary/aromatic N) is 1. The van der Waals surface area contributed by atoms with E-state index in [0.717, 1.165) is 47.7 Å². The standard InChI is InChI=1S/C27H26F2N2O4/c28-26(29)18-13-23(32)25(24(14-18)35-15-17-5-2-1-3-6-17)27(33)31-11-9-20-21(7-4-8-22(20)31)30-19-10-12-34-16-19/h1-8,13-14,19,26,30,32H,9-12,15-16H2. The highest BCUT2D eigenvalue weighted by Gasteiger charge is 2.32. The first kappa shape index (κ1) is 23.1. The van der Waals surface area contributed by atoms with Crippen LogP contribution in [-0.4, -0.2) is 36.8 Å². The van der Waals surface area contributed by atoms with Crippen LogP contribution in [0.3, 0.4) is 0 Å². The van der Waals surface area contributed by atoms with Gasteiger partial charge in [0.1, 0.15) is 23.7 Å². The summed E-state index contributed by atoms with van der Waals surface area (Å²) in [4.78, 5) is 15.2. The molecule has 6 nitrogen and oxygen atoms in total. The summed E-state index contributed by atoms with van der Waals surface area (Å²) in [7, 11) is 0. The van der Waals surface area contributed by atoms with E-state index in [1.165, 1.54) is 0 Å². The van der Waals surface area contributed by atoms with Crippen molar-refractivity contribution in [2.24, 2.45) is 0 Å². The van der Waals surface area contributed by atoms with Crippen molar-refractivity contribution in [3.8, 4) is 11.5 Å². The van der Waals surface area contributed by atoms with Gasteiger partial charge in [0.05, 0.1) is 12.6 Å². The van der Waals surface area contributed by atoms with E-state index in [1.807, 2.05) is 48.5 Å². The molecule has 2 aliphatic rings. The number of ether oxygens (including phenoxy) is 2. The van der Waals surface area contributed by atoms with Crippen molar-refractivity contribution in [3.63, 3.8) is 0 Å². The maximum absolute atomic E-state index is 13.7. The summed E-state index contributed by atoms with van der Waals surface area (Å²) in [6, 6.07) is 17.2. The molecule has 5 rings (SSSR count). The molecule has 1 saturated heterocycles. The number of halogens is 2. The maximum Gasteiger partial charge on any atom is 0.265 e. The van der Waals surface area contributed by atoms with Gasteiger partial charge >= 0.3 is 0 Å². The Hall–Kier alpha value is -3.65. The second-order valence-electron chi connectivity index (χ2n) is 8.70. The van der Waals surface area contributed by atoms with E-state index in [-0.39, 0.29) is 24.0 Å². The highest BCUT2D eigenvalue weighted by molar-refractivity contribution is 6.11. The summed E-state index contributed by atoms with van der Waals surface area (Å²) < 4.78 is 38.2. The van der Waals surface area contributed by atoms with Crippen molar-refractivity contribution in [1.29, 1.82) is 0 Å². The number of phenolic OH excluding ortho intramolecular Hbond substituents is 1. The molecule has 3 aromatic carbocycles. The third-order valence-electron chi connectivity index (χ3n) is 6.37. The van der Waals surface area contributed by atoms with Gasteiger partial charge in [-0.05, 0) is 42.7 Å². The number of nitrogens with one attached hydrogen (secondary N) is 1. The van der Waals surface area contributed by atoms with Gasteiger partial charge in [0, 0.05) is 35.7 Å². The lowest BCUT2D eigenvalue weighted by Crippen LogP contribution is -2.29. The Morgan fingerprint density at radius 1 is 1.17 bits per heavy atom. The molecular weight excluding hydrogens is 454 g/mol. The van der Waals surface area contributed by atoms with Crippen molar-refractivity contribution in [2.45, 2.75) is 31.9 Å². The van der Waals surface area contributed by atoms with Crippen molar-refractivity contribution in [1.82, 2.24) is 0 Å². The number of phenols is 1. The molecule has 0 aromatic heterocycles. The molecule has 0 saturated carbocycles. The van der Waals surface area contributed by atoms with Crippen LogP contribution in [-0.2, 0) is 17.8 Å². The zero-order chi connectivity index (χ0) is 24.4. The van der Waals surface area contributed by atoms with Crippen LogP contribution >= 0.6 is 0 Å². The average Bonchev–Trinajstić information content (AvgIpc) is 3.53. The molecule has 2 aliphatic heterocycles. The molecule has 1 unspecified atom stereocenters. The van der Waals surface area contributed by atoms with E-state index >= 15 is 0 Å². The number of rotatable bonds is 7. The van der Waals surface area contributed by atoms with Crippen LogP contribution in [0, 0.1) is 0 Å². The average molecular weight is 481 g/mol. The number of hydrogen-bond acceptors (Lipinski definition) is 5. The Morgan fingerprint density at radius 2 is 2.00 bits per heavy atom. The quantitative estimate of drug-likeness (QED) is 0.480. The first-order chi connectivity index (χ1) is 17.0. The molecule has 35 heavy (non-hydrogen) atoms. The number of aromatic hydroxyl groups is 1. The summed E-state index contributed by atoms with van der Waals surface area (Å²) in [5.41, 5.74) is 2.96. The third-order valence-corrected chi connectivity index (χ3v) is 6.37. The van der Waals surface area contributed by atoms with Crippen LogP contribution in [0.4, 0.5) is 20.2 Å². The smallest absolute Gasteiger partial charge is 0.265 e.